The van der Waals surface area contributed by atoms with Crippen LogP contribution in [0.25, 0.3) is 0 Å². The van der Waals surface area contributed by atoms with Gasteiger partial charge in [-0.15, -0.1) is 0 Å². The minimum atomic E-state index is -0.772. The molecule has 0 spiro atoms. The first-order chi connectivity index (χ1) is 9.28. The summed E-state index contributed by atoms with van der Waals surface area (Å²) in [6.45, 7) is 6.61. The number of ether oxygens (including phenoxy) is 2. The van der Waals surface area contributed by atoms with Gasteiger partial charge in [0.15, 0.2) is 0 Å². The van der Waals surface area contributed by atoms with Crippen LogP contribution in [-0.2, 0) is 19.1 Å². The van der Waals surface area contributed by atoms with Crippen LogP contribution in [0, 0.1) is 0 Å². The second-order valence-electron chi connectivity index (χ2n) is 6.10. The predicted octanol–water partition coefficient (Wildman–Crippen LogP) is 1.63. The maximum Gasteiger partial charge on any atom is 0.332 e. The molecule has 0 amide bonds. The molecule has 0 radical (unpaired) electrons. The van der Waals surface area contributed by atoms with Gasteiger partial charge in [0.05, 0.1) is 0 Å². The van der Waals surface area contributed by atoms with E-state index >= 15 is 0 Å². The Balaban J connectivity index is 2.23. The summed E-state index contributed by atoms with van der Waals surface area (Å²) >= 11 is 0. The molecule has 116 valence electrons. The molecular formula is C14H25NO5. The largest absolute Gasteiger partial charge is 0.481 e. The molecule has 0 bridgehead atoms. The minimum absolute atomic E-state index is 0.0700. The Morgan fingerprint density at radius 2 is 2.05 bits per heavy atom. The fourth-order valence-electron chi connectivity index (χ4n) is 2.30. The van der Waals surface area contributed by atoms with Crippen molar-refractivity contribution in [3.63, 3.8) is 0 Å². The van der Waals surface area contributed by atoms with Gasteiger partial charge in [-0.3, -0.25) is 9.69 Å². The first-order valence-electron chi connectivity index (χ1n) is 7.03. The fraction of sp³-hybridized carbons (Fsp3) is 0.857. The van der Waals surface area contributed by atoms with E-state index < -0.39 is 11.6 Å². The molecule has 20 heavy (non-hydrogen) atoms. The maximum absolute atomic E-state index is 11.5. The highest BCUT2D eigenvalue weighted by atomic mass is 16.6. The van der Waals surface area contributed by atoms with E-state index in [4.69, 9.17) is 14.6 Å². The maximum atomic E-state index is 11.5. The van der Waals surface area contributed by atoms with Gasteiger partial charge in [0, 0.05) is 19.0 Å². The Bertz CT molecular complexity index is 337. The number of hydrogen-bond acceptors (Lipinski definition) is 5. The molecule has 0 aliphatic carbocycles. The zero-order valence-corrected chi connectivity index (χ0v) is 12.6. The Labute approximate surface area is 120 Å². The van der Waals surface area contributed by atoms with E-state index in [1.54, 1.807) is 0 Å². The van der Waals surface area contributed by atoms with Crippen molar-refractivity contribution in [2.45, 2.75) is 58.1 Å². The smallest absolute Gasteiger partial charge is 0.332 e. The summed E-state index contributed by atoms with van der Waals surface area (Å²) in [4.78, 5) is 24.2. The van der Waals surface area contributed by atoms with Crippen molar-refractivity contribution in [1.29, 1.82) is 0 Å². The Morgan fingerprint density at radius 1 is 1.35 bits per heavy atom. The van der Waals surface area contributed by atoms with E-state index in [1.807, 2.05) is 20.8 Å². The molecule has 6 nitrogen and oxygen atoms in total. The summed E-state index contributed by atoms with van der Waals surface area (Å²) in [5, 5.41) is 8.71. The molecule has 0 aromatic carbocycles. The average Bonchev–Trinajstić information content (AvgIpc) is 2.71. The van der Waals surface area contributed by atoms with Gasteiger partial charge < -0.3 is 14.6 Å². The number of carbonyl (C=O) groups is 2. The van der Waals surface area contributed by atoms with Crippen LogP contribution in [0.2, 0.25) is 0 Å². The SMILES string of the molecule is CC(C)(C)OC(=O)COCN1CCC[C@H]1CCC(=O)O. The predicted molar refractivity (Wildman–Crippen MR) is 73.3 cm³/mol. The quantitative estimate of drug-likeness (QED) is 0.717. The summed E-state index contributed by atoms with van der Waals surface area (Å²) < 4.78 is 10.5. The molecule has 1 aliphatic heterocycles. The summed E-state index contributed by atoms with van der Waals surface area (Å²) in [5.74, 6) is -1.15. The van der Waals surface area contributed by atoms with Crippen molar-refractivity contribution >= 4 is 11.9 Å². The Kier molecular flexibility index (Phi) is 6.42. The van der Waals surface area contributed by atoms with Gasteiger partial charge in [0.1, 0.15) is 18.9 Å². The van der Waals surface area contributed by atoms with Crippen LogP contribution in [0.3, 0.4) is 0 Å². The Morgan fingerprint density at radius 3 is 2.65 bits per heavy atom. The fourth-order valence-corrected chi connectivity index (χ4v) is 2.30. The monoisotopic (exact) mass is 287 g/mol. The number of nitrogens with zero attached hydrogens (tertiary/aromatic N) is 1. The number of carbonyl (C=O) groups excluding carboxylic acids is 1. The second-order valence-corrected chi connectivity index (χ2v) is 6.10. The number of carboxylic acid groups (broad SMARTS) is 1. The molecule has 1 rings (SSSR count). The summed E-state index contributed by atoms with van der Waals surface area (Å²) in [6.07, 6.45) is 2.83. The van der Waals surface area contributed by atoms with E-state index in [9.17, 15) is 9.59 Å². The summed E-state index contributed by atoms with van der Waals surface area (Å²) in [7, 11) is 0. The highest BCUT2D eigenvalue weighted by Crippen LogP contribution is 2.21. The second kappa shape index (κ2) is 7.59. The third kappa shape index (κ3) is 6.86. The van der Waals surface area contributed by atoms with E-state index in [2.05, 4.69) is 4.90 Å². The van der Waals surface area contributed by atoms with Crippen molar-refractivity contribution in [1.82, 2.24) is 4.90 Å². The molecule has 0 saturated carbocycles. The van der Waals surface area contributed by atoms with Crippen LogP contribution in [0.1, 0.15) is 46.5 Å². The van der Waals surface area contributed by atoms with E-state index in [0.717, 1.165) is 19.4 Å². The molecule has 0 aromatic heterocycles. The van der Waals surface area contributed by atoms with E-state index in [1.165, 1.54) is 0 Å². The summed E-state index contributed by atoms with van der Waals surface area (Å²) in [6, 6.07) is 0.240. The number of rotatable bonds is 7. The number of likely N-dealkylation sites (tertiary alicyclic amines) is 1. The molecule has 1 aliphatic rings. The summed E-state index contributed by atoms with van der Waals surface area (Å²) in [5.41, 5.74) is -0.502. The molecule has 1 atom stereocenters. The lowest BCUT2D eigenvalue weighted by Crippen LogP contribution is -2.34. The highest BCUT2D eigenvalue weighted by Gasteiger charge is 2.25. The van der Waals surface area contributed by atoms with Gasteiger partial charge in [-0.2, -0.15) is 0 Å². The van der Waals surface area contributed by atoms with E-state index in [0.29, 0.717) is 13.2 Å². The molecular weight excluding hydrogens is 262 g/mol. The van der Waals surface area contributed by atoms with Crippen LogP contribution >= 0.6 is 0 Å². The minimum Gasteiger partial charge on any atom is -0.481 e. The topological polar surface area (TPSA) is 76.1 Å². The highest BCUT2D eigenvalue weighted by molar-refractivity contribution is 5.71. The number of hydrogen-bond donors (Lipinski definition) is 1. The van der Waals surface area contributed by atoms with Crippen LogP contribution in [0.4, 0.5) is 0 Å². The van der Waals surface area contributed by atoms with Crippen molar-refractivity contribution in [2.75, 3.05) is 19.9 Å². The number of esters is 1. The normalized spacial score (nSPS) is 20.1. The van der Waals surface area contributed by atoms with Gasteiger partial charge >= 0.3 is 11.9 Å². The molecule has 1 heterocycles. The van der Waals surface area contributed by atoms with E-state index in [-0.39, 0.29) is 25.0 Å². The van der Waals surface area contributed by atoms with Gasteiger partial charge in [-0.25, -0.2) is 4.79 Å². The van der Waals surface area contributed by atoms with Crippen molar-refractivity contribution in [3.8, 4) is 0 Å². The standard InChI is InChI=1S/C14H25NO5/c1-14(2,3)20-13(18)9-19-10-15-8-4-5-11(15)6-7-12(16)17/h11H,4-10H2,1-3H3,(H,16,17)/t11-/m0/s1. The zero-order chi connectivity index (χ0) is 15.2. The first kappa shape index (κ1) is 16.9. The van der Waals surface area contributed by atoms with Gasteiger partial charge in [0.2, 0.25) is 0 Å². The van der Waals surface area contributed by atoms with Crippen LogP contribution < -0.4 is 0 Å². The zero-order valence-electron chi connectivity index (χ0n) is 12.6. The lowest BCUT2D eigenvalue weighted by molar-refractivity contribution is -0.162. The number of carboxylic acids is 1. The molecule has 0 unspecified atom stereocenters. The molecule has 6 heteroatoms. The first-order valence-corrected chi connectivity index (χ1v) is 7.03. The van der Waals surface area contributed by atoms with Crippen molar-refractivity contribution in [3.05, 3.63) is 0 Å². The lowest BCUT2D eigenvalue weighted by Gasteiger charge is -2.24. The molecule has 1 fully saturated rings. The van der Waals surface area contributed by atoms with Crippen LogP contribution in [-0.4, -0.2) is 53.5 Å². The molecule has 1 N–H and O–H groups in total. The van der Waals surface area contributed by atoms with Crippen LogP contribution in [0.5, 0.6) is 0 Å². The molecule has 0 aromatic rings. The van der Waals surface area contributed by atoms with Gasteiger partial charge in [-0.1, -0.05) is 0 Å². The number of aliphatic carboxylic acids is 1. The third-order valence-corrected chi connectivity index (χ3v) is 3.09. The van der Waals surface area contributed by atoms with Crippen molar-refractivity contribution in [2.24, 2.45) is 0 Å². The van der Waals surface area contributed by atoms with Gasteiger partial charge in [0.25, 0.3) is 0 Å². The van der Waals surface area contributed by atoms with Crippen LogP contribution in [0.15, 0.2) is 0 Å². The van der Waals surface area contributed by atoms with Gasteiger partial charge in [-0.05, 0) is 40.0 Å². The molecule has 1 saturated heterocycles. The Hall–Kier alpha value is -1.14. The third-order valence-electron chi connectivity index (χ3n) is 3.09. The average molecular weight is 287 g/mol. The lowest BCUT2D eigenvalue weighted by atomic mass is 10.1. The van der Waals surface area contributed by atoms with Crippen molar-refractivity contribution < 1.29 is 24.2 Å².